The number of H-pyrrole nitrogens is 1. The van der Waals surface area contributed by atoms with E-state index in [0.29, 0.717) is 23.6 Å². The Kier molecular flexibility index (Phi) is 14.2. The number of carboxylic acids is 2. The third-order valence-electron chi connectivity index (χ3n) is 5.93. The molecule has 18 heteroatoms. The molecule has 0 saturated heterocycles. The van der Waals surface area contributed by atoms with E-state index in [-0.39, 0.29) is 29.9 Å². The smallest absolute Gasteiger partial charge is 0.490 e. The molecule has 3 aromatic carbocycles. The van der Waals surface area contributed by atoms with Gasteiger partial charge in [-0.1, -0.05) is 30.3 Å². The minimum absolute atomic E-state index is 0.0370. The third-order valence-corrected chi connectivity index (χ3v) is 5.93. The molecule has 270 valence electrons. The number of carboxylic acid groups (broad SMARTS) is 2. The Morgan fingerprint density at radius 1 is 0.960 bits per heavy atom. The second-order valence-corrected chi connectivity index (χ2v) is 10.1. The summed E-state index contributed by atoms with van der Waals surface area (Å²) in [5, 5.41) is 21.9. The fourth-order valence-corrected chi connectivity index (χ4v) is 3.83. The number of benzene rings is 3. The predicted molar refractivity (Wildman–Crippen MR) is 168 cm³/mol. The van der Waals surface area contributed by atoms with Crippen LogP contribution < -0.4 is 20.1 Å². The average Bonchev–Trinajstić information content (AvgIpc) is 3.50. The van der Waals surface area contributed by atoms with Crippen molar-refractivity contribution in [3.8, 4) is 22.9 Å². The number of aliphatic carboxylic acids is 2. The lowest BCUT2D eigenvalue weighted by molar-refractivity contribution is -0.193. The van der Waals surface area contributed by atoms with Crippen molar-refractivity contribution in [1.29, 1.82) is 5.41 Å². The van der Waals surface area contributed by atoms with Gasteiger partial charge >= 0.3 is 24.3 Å². The Morgan fingerprint density at radius 3 is 1.96 bits per heavy atom. The Balaban J connectivity index is 0.000000521. The quantitative estimate of drug-likeness (QED) is 0.0642. The van der Waals surface area contributed by atoms with E-state index in [4.69, 9.17) is 45.4 Å². The van der Waals surface area contributed by atoms with Crippen molar-refractivity contribution >= 4 is 29.1 Å². The van der Waals surface area contributed by atoms with Gasteiger partial charge in [0.25, 0.3) is 0 Å². The molecule has 6 N–H and O–H groups in total. The van der Waals surface area contributed by atoms with Gasteiger partial charge < -0.3 is 35.3 Å². The van der Waals surface area contributed by atoms with Gasteiger partial charge in [-0.2, -0.15) is 26.3 Å². The maximum Gasteiger partial charge on any atom is 0.490 e. The van der Waals surface area contributed by atoms with Gasteiger partial charge in [-0.15, -0.1) is 0 Å². The summed E-state index contributed by atoms with van der Waals surface area (Å²) in [6, 6.07) is 20.1. The van der Waals surface area contributed by atoms with E-state index in [1.807, 2.05) is 57.3 Å². The number of nitrogen functional groups attached to an aromatic ring is 1. The lowest BCUT2D eigenvalue weighted by Crippen LogP contribution is -2.21. The van der Waals surface area contributed by atoms with E-state index in [1.54, 1.807) is 41.3 Å². The molecule has 0 aliphatic heterocycles. The number of aromatic nitrogens is 2. The van der Waals surface area contributed by atoms with Crippen LogP contribution in [0, 0.1) is 11.2 Å². The van der Waals surface area contributed by atoms with Crippen molar-refractivity contribution < 1.29 is 60.0 Å². The number of carbonyl (C=O) groups is 2. The van der Waals surface area contributed by atoms with E-state index in [1.165, 1.54) is 0 Å². The molecule has 50 heavy (non-hydrogen) atoms. The summed E-state index contributed by atoms with van der Waals surface area (Å²) in [5.41, 5.74) is 8.89. The molecule has 4 aromatic rings. The molecule has 0 atom stereocenters. The molecule has 1 aromatic heterocycles. The second-order valence-electron chi connectivity index (χ2n) is 10.1. The minimum atomic E-state index is -5.08. The first-order valence-corrected chi connectivity index (χ1v) is 14.3. The largest absolute Gasteiger partial charge is 0.494 e. The number of ether oxygens (including phenoxy) is 2. The Labute approximate surface area is 280 Å². The van der Waals surface area contributed by atoms with Crippen LogP contribution in [0.5, 0.6) is 11.5 Å². The first-order chi connectivity index (χ1) is 23.2. The zero-order valence-electron chi connectivity index (χ0n) is 26.6. The van der Waals surface area contributed by atoms with E-state index >= 15 is 4.39 Å². The van der Waals surface area contributed by atoms with Crippen molar-refractivity contribution in [3.63, 3.8) is 0 Å². The van der Waals surface area contributed by atoms with Crippen molar-refractivity contribution in [2.75, 3.05) is 11.5 Å². The zero-order valence-corrected chi connectivity index (χ0v) is 26.6. The number of nitrogens with one attached hydrogen (secondary N) is 2. The summed E-state index contributed by atoms with van der Waals surface area (Å²) in [6.45, 7) is 6.27. The van der Waals surface area contributed by atoms with Crippen LogP contribution >= 0.6 is 0 Å². The number of halogens is 7. The summed E-state index contributed by atoms with van der Waals surface area (Å²) < 4.78 is 90.8. The summed E-state index contributed by atoms with van der Waals surface area (Å²) in [4.78, 5) is 27.5. The second kappa shape index (κ2) is 17.5. The molecular weight excluding hydrogens is 683 g/mol. The van der Waals surface area contributed by atoms with Gasteiger partial charge in [0.2, 0.25) is 0 Å². The van der Waals surface area contributed by atoms with Gasteiger partial charge in [-0.3, -0.25) is 5.41 Å². The molecule has 0 bridgehead atoms. The van der Waals surface area contributed by atoms with Crippen LogP contribution in [0.15, 0.2) is 72.9 Å². The number of anilines is 2. The Hall–Kier alpha value is -5.81. The first-order valence-electron chi connectivity index (χ1n) is 14.3. The molecule has 0 saturated carbocycles. The maximum absolute atomic E-state index is 15.9. The topological polar surface area (TPSA) is 175 Å². The normalized spacial score (nSPS) is 11.0. The molecule has 0 spiro atoms. The van der Waals surface area contributed by atoms with Gasteiger partial charge in [0.05, 0.1) is 30.6 Å². The lowest BCUT2D eigenvalue weighted by Gasteiger charge is -2.27. The predicted octanol–water partition coefficient (Wildman–Crippen LogP) is 7.29. The zero-order chi connectivity index (χ0) is 37.8. The maximum atomic E-state index is 15.9. The number of amidine groups is 1. The van der Waals surface area contributed by atoms with E-state index in [2.05, 4.69) is 4.98 Å². The standard InChI is InChI=1S/C28H30FN5O2.2C2HF3O2/c1-4-35-23-14-24(26(29)25(15-23)36-18(2)3)34(22-12-10-19(11-13-22)27(30)31)17-21-16-32-28(33-21)20-8-6-5-7-9-20;2*3-2(4,5)1(6)7/h5-16,18H,4,17H2,1-3H3,(H3,30,31)(H,32,33);2*(H,6,7). The molecule has 0 radical (unpaired) electrons. The van der Waals surface area contributed by atoms with Crippen molar-refractivity contribution in [2.45, 2.75) is 45.8 Å². The molecule has 4 rings (SSSR count). The summed E-state index contributed by atoms with van der Waals surface area (Å²) in [7, 11) is 0. The number of alkyl halides is 6. The molecule has 0 amide bonds. The highest BCUT2D eigenvalue weighted by atomic mass is 19.4. The van der Waals surface area contributed by atoms with Crippen molar-refractivity contribution in [2.24, 2.45) is 5.73 Å². The van der Waals surface area contributed by atoms with Gasteiger partial charge in [0.15, 0.2) is 11.6 Å². The van der Waals surface area contributed by atoms with Gasteiger partial charge in [0, 0.05) is 35.1 Å². The number of nitrogens with zero attached hydrogens (tertiary/aromatic N) is 2. The number of nitrogens with two attached hydrogens (primary N) is 1. The van der Waals surface area contributed by atoms with Crippen LogP contribution in [-0.4, -0.2) is 63.0 Å². The molecule has 11 nitrogen and oxygen atoms in total. The van der Waals surface area contributed by atoms with Crippen LogP contribution in [0.2, 0.25) is 0 Å². The summed E-state index contributed by atoms with van der Waals surface area (Å²) in [5.74, 6) is -4.71. The van der Waals surface area contributed by atoms with Crippen LogP contribution in [-0.2, 0) is 16.1 Å². The highest BCUT2D eigenvalue weighted by Crippen LogP contribution is 2.38. The molecule has 1 heterocycles. The summed E-state index contributed by atoms with van der Waals surface area (Å²) >= 11 is 0. The molecule has 0 aliphatic carbocycles. The Morgan fingerprint density at radius 2 is 1.50 bits per heavy atom. The number of imidazole rings is 1. The minimum Gasteiger partial charge on any atom is -0.494 e. The third kappa shape index (κ3) is 12.3. The summed E-state index contributed by atoms with van der Waals surface area (Å²) in [6.07, 6.45) is -8.57. The first kappa shape index (κ1) is 40.4. The van der Waals surface area contributed by atoms with Crippen molar-refractivity contribution in [3.05, 3.63) is 90.0 Å². The van der Waals surface area contributed by atoms with E-state index in [9.17, 15) is 26.3 Å². The van der Waals surface area contributed by atoms with Crippen LogP contribution in [0.25, 0.3) is 11.4 Å². The van der Waals surface area contributed by atoms with Crippen LogP contribution in [0.3, 0.4) is 0 Å². The monoisotopic (exact) mass is 715 g/mol. The van der Waals surface area contributed by atoms with Crippen LogP contribution in [0.1, 0.15) is 32.0 Å². The average molecular weight is 716 g/mol. The Bertz CT molecular complexity index is 1700. The fraction of sp³-hybridized carbons (Fsp3) is 0.250. The highest BCUT2D eigenvalue weighted by molar-refractivity contribution is 5.95. The lowest BCUT2D eigenvalue weighted by atomic mass is 10.1. The van der Waals surface area contributed by atoms with Gasteiger partial charge in [0.1, 0.15) is 17.4 Å². The van der Waals surface area contributed by atoms with Crippen LogP contribution in [0.4, 0.5) is 42.1 Å². The SMILES string of the molecule is CCOc1cc(OC(C)C)c(F)c(N(Cc2c[nH]c(-c3ccccc3)n2)c2ccc(C(=N)N)cc2)c1.O=C(O)C(F)(F)F.O=C(O)C(F)(F)F. The number of aromatic amines is 1. The van der Waals surface area contributed by atoms with Crippen molar-refractivity contribution in [1.82, 2.24) is 9.97 Å². The molecule has 0 aliphatic rings. The van der Waals surface area contributed by atoms with Gasteiger partial charge in [-0.05, 0) is 45.0 Å². The molecular formula is C32H32F7N5O6. The molecule has 0 fully saturated rings. The molecule has 0 unspecified atom stereocenters. The van der Waals surface area contributed by atoms with E-state index in [0.717, 1.165) is 17.1 Å². The number of hydrogen-bond donors (Lipinski definition) is 5. The van der Waals surface area contributed by atoms with Gasteiger partial charge in [-0.25, -0.2) is 19.0 Å². The van der Waals surface area contributed by atoms with E-state index < -0.39 is 30.1 Å². The highest BCUT2D eigenvalue weighted by Gasteiger charge is 2.38. The number of rotatable bonds is 10. The fourth-order valence-electron chi connectivity index (χ4n) is 3.83. The number of hydrogen-bond acceptors (Lipinski definition) is 7.